The van der Waals surface area contributed by atoms with Gasteiger partial charge >= 0.3 is 0 Å². The average molecular weight is 271 g/mol. The lowest BCUT2D eigenvalue weighted by atomic mass is 9.73. The Morgan fingerprint density at radius 3 is 1.60 bits per heavy atom. The number of carbonyl (C=O) groups is 1. The summed E-state index contributed by atoms with van der Waals surface area (Å²) in [6.45, 7) is 1.91. The number of primary amides is 1. The summed E-state index contributed by atoms with van der Waals surface area (Å²) in [5.41, 5.74) is 6.52. The van der Waals surface area contributed by atoms with Crippen molar-refractivity contribution >= 4 is 5.91 Å². The van der Waals surface area contributed by atoms with Crippen LogP contribution in [-0.2, 0) is 10.2 Å². The number of aromatic hydroxyl groups is 2. The molecule has 0 aliphatic heterocycles. The van der Waals surface area contributed by atoms with Gasteiger partial charge in [0, 0.05) is 11.8 Å². The molecule has 2 aromatic rings. The molecule has 2 aromatic carbocycles. The molecule has 0 saturated carbocycles. The number of hydrogen-bond donors (Lipinski definition) is 3. The summed E-state index contributed by atoms with van der Waals surface area (Å²) in [6.07, 6.45) is 0.141. The van der Waals surface area contributed by atoms with Gasteiger partial charge in [-0.3, -0.25) is 4.79 Å². The lowest BCUT2D eigenvalue weighted by Crippen LogP contribution is -2.30. The predicted octanol–water partition coefficient (Wildman–Crippen LogP) is 2.28. The molecular formula is C16H17NO3. The second-order valence-corrected chi connectivity index (χ2v) is 5.07. The molecule has 20 heavy (non-hydrogen) atoms. The van der Waals surface area contributed by atoms with E-state index in [4.69, 9.17) is 5.73 Å². The number of phenols is 2. The van der Waals surface area contributed by atoms with Crippen molar-refractivity contribution in [2.45, 2.75) is 18.8 Å². The molecule has 0 aromatic heterocycles. The molecule has 4 nitrogen and oxygen atoms in total. The van der Waals surface area contributed by atoms with Crippen LogP contribution in [0.2, 0.25) is 0 Å². The fourth-order valence-electron chi connectivity index (χ4n) is 2.38. The van der Waals surface area contributed by atoms with Gasteiger partial charge < -0.3 is 15.9 Å². The monoisotopic (exact) mass is 271 g/mol. The van der Waals surface area contributed by atoms with Crippen molar-refractivity contribution in [2.24, 2.45) is 5.73 Å². The largest absolute Gasteiger partial charge is 0.508 e. The summed E-state index contributed by atoms with van der Waals surface area (Å²) >= 11 is 0. The number of amides is 1. The maximum absolute atomic E-state index is 11.4. The first kappa shape index (κ1) is 13.9. The van der Waals surface area contributed by atoms with E-state index in [-0.39, 0.29) is 17.9 Å². The Labute approximate surface area is 117 Å². The Balaban J connectivity index is 2.52. The number of nitrogens with two attached hydrogens (primary N) is 1. The number of phenolic OH excluding ortho intramolecular Hbond substituents is 2. The first-order valence-corrected chi connectivity index (χ1v) is 6.29. The molecular weight excluding hydrogens is 254 g/mol. The molecule has 4 N–H and O–H groups in total. The predicted molar refractivity (Wildman–Crippen MR) is 76.5 cm³/mol. The van der Waals surface area contributed by atoms with Gasteiger partial charge in [-0.2, -0.15) is 0 Å². The van der Waals surface area contributed by atoms with Crippen LogP contribution < -0.4 is 5.73 Å². The molecule has 0 aliphatic carbocycles. The van der Waals surface area contributed by atoms with Crippen LogP contribution in [0.25, 0.3) is 0 Å². The van der Waals surface area contributed by atoms with E-state index in [1.807, 2.05) is 6.92 Å². The second-order valence-electron chi connectivity index (χ2n) is 5.07. The normalized spacial score (nSPS) is 11.2. The highest BCUT2D eigenvalue weighted by atomic mass is 16.3. The summed E-state index contributed by atoms with van der Waals surface area (Å²) in [5.74, 6) is -0.0737. The third-order valence-corrected chi connectivity index (χ3v) is 3.54. The maximum atomic E-state index is 11.4. The van der Waals surface area contributed by atoms with Gasteiger partial charge in [0.1, 0.15) is 11.5 Å². The van der Waals surface area contributed by atoms with E-state index in [0.29, 0.717) is 0 Å². The fourth-order valence-corrected chi connectivity index (χ4v) is 2.38. The highest BCUT2D eigenvalue weighted by molar-refractivity contribution is 5.76. The molecule has 4 heteroatoms. The zero-order valence-corrected chi connectivity index (χ0v) is 11.2. The minimum absolute atomic E-state index is 0.141. The van der Waals surface area contributed by atoms with Gasteiger partial charge in [-0.05, 0) is 35.4 Å². The van der Waals surface area contributed by atoms with Crippen molar-refractivity contribution in [3.05, 3.63) is 59.7 Å². The van der Waals surface area contributed by atoms with E-state index >= 15 is 0 Å². The Bertz CT molecular complexity index is 557. The summed E-state index contributed by atoms with van der Waals surface area (Å²) in [5, 5.41) is 18.8. The number of carbonyl (C=O) groups excluding carboxylic acids is 1. The first-order chi connectivity index (χ1) is 9.41. The minimum Gasteiger partial charge on any atom is -0.508 e. The molecule has 2 rings (SSSR count). The molecule has 0 aliphatic rings. The van der Waals surface area contributed by atoms with Crippen LogP contribution in [-0.4, -0.2) is 16.1 Å². The average Bonchev–Trinajstić information content (AvgIpc) is 2.39. The SMILES string of the molecule is CC(CC(N)=O)(c1ccc(O)cc1)c1ccc(O)cc1. The molecule has 0 spiro atoms. The first-order valence-electron chi connectivity index (χ1n) is 6.29. The zero-order valence-electron chi connectivity index (χ0n) is 11.2. The molecule has 1 amide bonds. The number of hydrogen-bond acceptors (Lipinski definition) is 3. The van der Waals surface area contributed by atoms with E-state index < -0.39 is 11.3 Å². The summed E-state index contributed by atoms with van der Waals surface area (Å²) in [7, 11) is 0. The van der Waals surface area contributed by atoms with E-state index in [2.05, 4.69) is 0 Å². The standard InChI is InChI=1S/C16H17NO3/c1-16(10-15(17)20,11-2-6-13(18)7-3-11)12-4-8-14(19)9-5-12/h2-9,18-19H,10H2,1H3,(H2,17,20). The van der Waals surface area contributed by atoms with Gasteiger partial charge in [0.15, 0.2) is 0 Å². The Morgan fingerprint density at radius 2 is 1.30 bits per heavy atom. The Hall–Kier alpha value is -2.49. The highest BCUT2D eigenvalue weighted by Crippen LogP contribution is 2.36. The molecule has 104 valence electrons. The lowest BCUT2D eigenvalue weighted by molar-refractivity contribution is -0.118. The Morgan fingerprint density at radius 1 is 0.950 bits per heavy atom. The van der Waals surface area contributed by atoms with Crippen LogP contribution >= 0.6 is 0 Å². The topological polar surface area (TPSA) is 83.6 Å². The molecule has 0 fully saturated rings. The molecule has 0 heterocycles. The third-order valence-electron chi connectivity index (χ3n) is 3.54. The third kappa shape index (κ3) is 2.74. The molecule has 0 unspecified atom stereocenters. The van der Waals surface area contributed by atoms with E-state index in [1.165, 1.54) is 0 Å². The summed E-state index contributed by atoms with van der Waals surface area (Å²) in [4.78, 5) is 11.4. The van der Waals surface area contributed by atoms with E-state index in [0.717, 1.165) is 11.1 Å². The smallest absolute Gasteiger partial charge is 0.218 e. The quantitative estimate of drug-likeness (QED) is 0.797. The number of benzene rings is 2. The number of rotatable bonds is 4. The van der Waals surface area contributed by atoms with Crippen LogP contribution in [0.4, 0.5) is 0 Å². The van der Waals surface area contributed by atoms with Crippen LogP contribution in [0.5, 0.6) is 11.5 Å². The van der Waals surface area contributed by atoms with Crippen molar-refractivity contribution in [3.63, 3.8) is 0 Å². The molecule has 0 atom stereocenters. The summed E-state index contributed by atoms with van der Waals surface area (Å²) < 4.78 is 0. The van der Waals surface area contributed by atoms with Gasteiger partial charge in [0.2, 0.25) is 5.91 Å². The minimum atomic E-state index is -0.604. The van der Waals surface area contributed by atoms with Gasteiger partial charge in [0.25, 0.3) is 0 Å². The van der Waals surface area contributed by atoms with Crippen LogP contribution in [0.3, 0.4) is 0 Å². The van der Waals surface area contributed by atoms with E-state index in [9.17, 15) is 15.0 Å². The van der Waals surface area contributed by atoms with E-state index in [1.54, 1.807) is 48.5 Å². The summed E-state index contributed by atoms with van der Waals surface area (Å²) in [6, 6.07) is 13.4. The van der Waals surface area contributed by atoms with Gasteiger partial charge in [0.05, 0.1) is 0 Å². The fraction of sp³-hybridized carbons (Fsp3) is 0.188. The zero-order chi connectivity index (χ0) is 14.8. The van der Waals surface area contributed by atoms with Gasteiger partial charge in [-0.25, -0.2) is 0 Å². The van der Waals surface area contributed by atoms with Crippen LogP contribution in [0.15, 0.2) is 48.5 Å². The maximum Gasteiger partial charge on any atom is 0.218 e. The molecule has 0 bridgehead atoms. The van der Waals surface area contributed by atoms with Crippen LogP contribution in [0.1, 0.15) is 24.5 Å². The lowest BCUT2D eigenvalue weighted by Gasteiger charge is -2.30. The van der Waals surface area contributed by atoms with Crippen molar-refractivity contribution in [1.29, 1.82) is 0 Å². The van der Waals surface area contributed by atoms with Gasteiger partial charge in [-0.1, -0.05) is 31.2 Å². The molecule has 0 saturated heterocycles. The van der Waals surface area contributed by atoms with Crippen molar-refractivity contribution in [1.82, 2.24) is 0 Å². The van der Waals surface area contributed by atoms with Crippen molar-refractivity contribution in [2.75, 3.05) is 0 Å². The highest BCUT2D eigenvalue weighted by Gasteiger charge is 2.31. The second kappa shape index (κ2) is 5.25. The Kier molecular flexibility index (Phi) is 3.66. The van der Waals surface area contributed by atoms with Crippen molar-refractivity contribution < 1.29 is 15.0 Å². The van der Waals surface area contributed by atoms with Gasteiger partial charge in [-0.15, -0.1) is 0 Å². The van der Waals surface area contributed by atoms with Crippen molar-refractivity contribution in [3.8, 4) is 11.5 Å². The molecule has 0 radical (unpaired) electrons. The van der Waals surface area contributed by atoms with Crippen LogP contribution in [0, 0.1) is 0 Å².